The maximum Gasteiger partial charge on any atom is 0.294 e. The number of halogens is 2. The molecule has 3 rings (SSSR count). The van der Waals surface area contributed by atoms with E-state index in [1.54, 1.807) is 0 Å². The van der Waals surface area contributed by atoms with Crippen molar-refractivity contribution >= 4 is 42.4 Å². The van der Waals surface area contributed by atoms with E-state index in [0.29, 0.717) is 6.71 Å². The quantitative estimate of drug-likeness (QED) is 0.493. The fourth-order valence-corrected chi connectivity index (χ4v) is 6.27. The van der Waals surface area contributed by atoms with Crippen LogP contribution in [-0.2, 0) is 0 Å². The number of benzene rings is 1. The Hall–Kier alpha value is -0.178. The Morgan fingerprint density at radius 3 is 2.05 bits per heavy atom. The maximum atomic E-state index is 6.44. The van der Waals surface area contributed by atoms with Crippen molar-refractivity contribution in [2.24, 2.45) is 0 Å². The van der Waals surface area contributed by atoms with Gasteiger partial charge >= 0.3 is 0 Å². The van der Waals surface area contributed by atoms with Gasteiger partial charge in [-0.1, -0.05) is 91.7 Å². The first-order chi connectivity index (χ1) is 9.75. The summed E-state index contributed by atoms with van der Waals surface area (Å²) >= 11 is 12.9. The average molecular weight is 322 g/mol. The highest BCUT2D eigenvalue weighted by atomic mass is 35.7. The molecule has 0 nitrogen and oxygen atoms in total. The first kappa shape index (κ1) is 14.7. The summed E-state index contributed by atoms with van der Waals surface area (Å²) in [5, 5.41) is 1.36. The molecule has 1 aromatic carbocycles. The van der Waals surface area contributed by atoms with Crippen molar-refractivity contribution in [3.63, 3.8) is 0 Å². The lowest BCUT2D eigenvalue weighted by Gasteiger charge is -2.42. The average Bonchev–Trinajstić information content (AvgIpc) is 2.45. The van der Waals surface area contributed by atoms with Gasteiger partial charge in [-0.2, -0.15) is 0 Å². The summed E-state index contributed by atoms with van der Waals surface area (Å²) in [6, 6.07) is 10.5. The minimum Gasteiger partial charge on any atom is -0.141 e. The van der Waals surface area contributed by atoms with Gasteiger partial charge in [-0.15, -0.1) is 22.2 Å². The van der Waals surface area contributed by atoms with Crippen molar-refractivity contribution in [1.29, 1.82) is 0 Å². The zero-order chi connectivity index (χ0) is 13.9. The summed E-state index contributed by atoms with van der Waals surface area (Å²) in [4.78, 5) is 0. The zero-order valence-corrected chi connectivity index (χ0v) is 14.2. The van der Waals surface area contributed by atoms with Gasteiger partial charge in [0.25, 0.3) is 7.42 Å². The predicted octanol–water partition coefficient (Wildman–Crippen LogP) is 5.72. The molecule has 4 heteroatoms. The smallest absolute Gasteiger partial charge is 0.141 e. The number of rotatable bonds is 3. The molecule has 0 spiro atoms. The van der Waals surface area contributed by atoms with Crippen LogP contribution < -0.4 is 0 Å². The van der Waals surface area contributed by atoms with E-state index in [4.69, 9.17) is 22.2 Å². The van der Waals surface area contributed by atoms with Crippen molar-refractivity contribution in [3.8, 4) is 0 Å². The minimum absolute atomic E-state index is 0.654. The van der Waals surface area contributed by atoms with Crippen molar-refractivity contribution in [3.05, 3.63) is 41.0 Å². The van der Waals surface area contributed by atoms with Crippen LogP contribution in [0.25, 0.3) is 6.08 Å². The van der Waals surface area contributed by atoms with Crippen molar-refractivity contribution in [2.45, 2.75) is 50.2 Å². The van der Waals surface area contributed by atoms with E-state index in [-0.39, 0.29) is 0 Å². The third kappa shape index (κ3) is 3.18. The number of hydrogen-bond donors (Lipinski definition) is 0. The molecule has 0 saturated carbocycles. The Kier molecular flexibility index (Phi) is 4.96. The molecule has 0 atom stereocenters. The van der Waals surface area contributed by atoms with Gasteiger partial charge in [0.05, 0.1) is 0 Å². The van der Waals surface area contributed by atoms with Crippen LogP contribution in [0.2, 0.25) is 11.6 Å². The molecule has 0 aromatic heterocycles. The van der Waals surface area contributed by atoms with Crippen LogP contribution in [0.3, 0.4) is 0 Å². The summed E-state index contributed by atoms with van der Waals surface area (Å²) in [5.74, 6) is 1.66. The maximum absolute atomic E-state index is 6.44. The van der Waals surface area contributed by atoms with Gasteiger partial charge in [0, 0.05) is 0 Å². The Bertz CT molecular complexity index is 453. The predicted molar refractivity (Wildman–Crippen MR) is 92.8 cm³/mol. The molecule has 2 saturated heterocycles. The normalized spacial score (nSPS) is 26.9. The first-order valence-electron chi connectivity index (χ1n) is 7.70. The Morgan fingerprint density at radius 1 is 1.00 bits per heavy atom. The molecule has 2 bridgehead atoms. The second-order valence-corrected chi connectivity index (χ2v) is 10.1. The second-order valence-electron chi connectivity index (χ2n) is 6.18. The fourth-order valence-electron chi connectivity index (χ4n) is 4.19. The monoisotopic (exact) mass is 321 g/mol. The molecule has 2 aliphatic heterocycles. The summed E-state index contributed by atoms with van der Waals surface area (Å²) < 4.78 is 0. The zero-order valence-electron chi connectivity index (χ0n) is 11.7. The third-order valence-corrected chi connectivity index (χ3v) is 7.24. The van der Waals surface area contributed by atoms with Crippen molar-refractivity contribution in [1.82, 2.24) is 0 Å². The SMILES string of the molecule is Cl[Si](Cl)/C(=C\c1ccccc1)B1C2CCCC1CCC2. The second kappa shape index (κ2) is 6.72. The molecule has 20 heavy (non-hydrogen) atoms. The molecule has 1 radical (unpaired) electrons. The van der Waals surface area contributed by atoms with E-state index in [1.807, 2.05) is 0 Å². The Morgan fingerprint density at radius 2 is 1.55 bits per heavy atom. The first-order valence-corrected chi connectivity index (χ1v) is 11.2. The van der Waals surface area contributed by atoms with Crippen LogP contribution in [0.5, 0.6) is 0 Å². The van der Waals surface area contributed by atoms with E-state index < -0.39 is 7.42 Å². The molecule has 1 aromatic rings. The Labute approximate surface area is 133 Å². The highest BCUT2D eigenvalue weighted by molar-refractivity contribution is 7.40. The van der Waals surface area contributed by atoms with Gasteiger partial charge in [0.15, 0.2) is 6.71 Å². The van der Waals surface area contributed by atoms with Crippen LogP contribution in [0.4, 0.5) is 0 Å². The summed E-state index contributed by atoms with van der Waals surface area (Å²) in [7, 11) is -1.40. The molecule has 0 amide bonds. The molecular formula is C16H20BCl2Si. The number of fused-ring (bicyclic) bond motifs is 2. The largest absolute Gasteiger partial charge is 0.294 e. The van der Waals surface area contributed by atoms with Gasteiger partial charge in [-0.25, -0.2) is 0 Å². The summed E-state index contributed by atoms with van der Waals surface area (Å²) in [5.41, 5.74) is 1.25. The third-order valence-electron chi connectivity index (χ3n) is 5.01. The molecule has 0 unspecified atom stereocenters. The molecule has 0 aliphatic carbocycles. The van der Waals surface area contributed by atoms with E-state index in [1.165, 1.54) is 49.2 Å². The molecule has 2 fully saturated rings. The lowest BCUT2D eigenvalue weighted by Crippen LogP contribution is -2.39. The molecule has 105 valence electrons. The van der Waals surface area contributed by atoms with Gasteiger partial charge in [-0.05, 0) is 5.56 Å². The fraction of sp³-hybridized carbons (Fsp3) is 0.500. The van der Waals surface area contributed by atoms with Crippen LogP contribution in [0, 0.1) is 0 Å². The van der Waals surface area contributed by atoms with Crippen LogP contribution in [0.15, 0.2) is 35.4 Å². The van der Waals surface area contributed by atoms with Gasteiger partial charge in [0.1, 0.15) is 0 Å². The lowest BCUT2D eigenvalue weighted by atomic mass is 9.27. The van der Waals surface area contributed by atoms with Crippen LogP contribution in [0.1, 0.15) is 44.1 Å². The standard InChI is InChI=1S/C16H20BCl2Si/c18-20(19)16(12-13-6-2-1-3-7-13)17-14-8-4-9-15(17)11-5-10-14/h1-3,6-7,12,14-15H,4-5,8-11H2/b16-12-. The highest BCUT2D eigenvalue weighted by Crippen LogP contribution is 2.49. The van der Waals surface area contributed by atoms with E-state index >= 15 is 0 Å². The molecule has 2 aliphatic rings. The van der Waals surface area contributed by atoms with E-state index in [2.05, 4.69) is 36.4 Å². The van der Waals surface area contributed by atoms with E-state index in [0.717, 1.165) is 11.6 Å². The number of hydrogen-bond acceptors (Lipinski definition) is 0. The molecule has 0 N–H and O–H groups in total. The van der Waals surface area contributed by atoms with Crippen LogP contribution >= 0.6 is 22.2 Å². The van der Waals surface area contributed by atoms with Gasteiger partial charge in [-0.3, -0.25) is 0 Å². The summed E-state index contributed by atoms with van der Waals surface area (Å²) in [6.45, 7) is 0.654. The Balaban J connectivity index is 1.92. The van der Waals surface area contributed by atoms with Crippen molar-refractivity contribution < 1.29 is 0 Å². The van der Waals surface area contributed by atoms with Gasteiger partial charge < -0.3 is 0 Å². The van der Waals surface area contributed by atoms with Gasteiger partial charge in [0.2, 0.25) is 0 Å². The summed E-state index contributed by atoms with van der Waals surface area (Å²) in [6.07, 6.45) is 10.6. The van der Waals surface area contributed by atoms with E-state index in [9.17, 15) is 0 Å². The van der Waals surface area contributed by atoms with Crippen molar-refractivity contribution in [2.75, 3.05) is 0 Å². The molecular weight excluding hydrogens is 302 g/mol. The lowest BCUT2D eigenvalue weighted by molar-refractivity contribution is 0.447. The molecule has 2 heterocycles. The highest BCUT2D eigenvalue weighted by Gasteiger charge is 2.43. The van der Waals surface area contributed by atoms with Crippen LogP contribution in [-0.4, -0.2) is 14.1 Å². The topological polar surface area (TPSA) is 0 Å². The minimum atomic E-state index is -1.40.